The maximum absolute atomic E-state index is 12.6. The molecule has 1 aliphatic heterocycles. The molecular weight excluding hydrogens is 240 g/mol. The average Bonchev–Trinajstić information content (AvgIpc) is 2.54. The van der Waals surface area contributed by atoms with Gasteiger partial charge in [0.1, 0.15) is 11.4 Å². The monoisotopic (exact) mass is 254 g/mol. The fourth-order valence-corrected chi connectivity index (χ4v) is 2.29. The van der Waals surface area contributed by atoms with Crippen LogP contribution in [0.15, 0.2) is 36.5 Å². The van der Waals surface area contributed by atoms with E-state index in [1.807, 2.05) is 32.0 Å². The van der Waals surface area contributed by atoms with Crippen molar-refractivity contribution in [2.45, 2.75) is 13.8 Å². The summed E-state index contributed by atoms with van der Waals surface area (Å²) >= 11 is 0. The first-order valence-corrected chi connectivity index (χ1v) is 6.26. The van der Waals surface area contributed by atoms with Crippen LogP contribution in [0.5, 0.6) is 11.6 Å². The van der Waals surface area contributed by atoms with E-state index in [0.29, 0.717) is 29.4 Å². The van der Waals surface area contributed by atoms with Crippen LogP contribution in [0.2, 0.25) is 0 Å². The predicted octanol–water partition coefficient (Wildman–Crippen LogP) is 3.16. The first kappa shape index (κ1) is 11.7. The molecule has 1 aromatic carbocycles. The molecule has 0 N–H and O–H groups in total. The smallest absolute Gasteiger partial charge is 0.262 e. The third kappa shape index (κ3) is 1.76. The minimum atomic E-state index is -0.0482. The average molecular weight is 254 g/mol. The van der Waals surface area contributed by atoms with Crippen molar-refractivity contribution in [2.75, 3.05) is 11.4 Å². The van der Waals surface area contributed by atoms with Gasteiger partial charge in [0.05, 0.1) is 5.56 Å². The molecule has 2 aromatic rings. The number of ether oxygens (including phenoxy) is 1. The molecule has 1 aromatic heterocycles. The second-order valence-corrected chi connectivity index (χ2v) is 4.43. The third-order valence-electron chi connectivity index (χ3n) is 3.24. The summed E-state index contributed by atoms with van der Waals surface area (Å²) in [5.41, 5.74) is 2.23. The molecule has 0 unspecified atom stereocenters. The van der Waals surface area contributed by atoms with E-state index in [2.05, 4.69) is 4.98 Å². The molecule has 1 amide bonds. The van der Waals surface area contributed by atoms with Gasteiger partial charge in [-0.3, -0.25) is 4.79 Å². The van der Waals surface area contributed by atoms with Crippen molar-refractivity contribution in [1.29, 1.82) is 0 Å². The largest absolute Gasteiger partial charge is 0.436 e. The summed E-state index contributed by atoms with van der Waals surface area (Å²) in [6.45, 7) is 4.44. The number of aryl methyl sites for hydroxylation is 1. The van der Waals surface area contributed by atoms with Crippen LogP contribution >= 0.6 is 0 Å². The van der Waals surface area contributed by atoms with E-state index in [1.165, 1.54) is 0 Å². The quantitative estimate of drug-likeness (QED) is 0.785. The van der Waals surface area contributed by atoms with Crippen LogP contribution in [0, 0.1) is 6.92 Å². The van der Waals surface area contributed by atoms with Gasteiger partial charge in [-0.05, 0) is 37.6 Å². The molecule has 2 heterocycles. The first-order chi connectivity index (χ1) is 9.22. The summed E-state index contributed by atoms with van der Waals surface area (Å²) in [5.74, 6) is 1.03. The molecule has 0 spiro atoms. The highest BCUT2D eigenvalue weighted by Gasteiger charge is 2.28. The van der Waals surface area contributed by atoms with E-state index in [9.17, 15) is 4.79 Å². The Morgan fingerprint density at radius 1 is 1.26 bits per heavy atom. The topological polar surface area (TPSA) is 42.4 Å². The number of carbonyl (C=O) groups excluding carboxylic acids is 1. The van der Waals surface area contributed by atoms with Gasteiger partial charge in [-0.15, -0.1) is 0 Å². The number of benzene rings is 1. The lowest BCUT2D eigenvalue weighted by Gasteiger charge is -2.19. The lowest BCUT2D eigenvalue weighted by molar-refractivity contribution is 0.0988. The molecule has 0 aliphatic carbocycles. The number of hydrogen-bond acceptors (Lipinski definition) is 3. The van der Waals surface area contributed by atoms with Gasteiger partial charge in [0.15, 0.2) is 0 Å². The number of fused-ring (bicyclic) bond motifs is 2. The van der Waals surface area contributed by atoms with Gasteiger partial charge in [-0.1, -0.05) is 12.1 Å². The van der Waals surface area contributed by atoms with Crippen molar-refractivity contribution < 1.29 is 9.53 Å². The molecule has 19 heavy (non-hydrogen) atoms. The Bertz CT molecular complexity index is 652. The predicted molar refractivity (Wildman–Crippen MR) is 72.8 cm³/mol. The van der Waals surface area contributed by atoms with Gasteiger partial charge < -0.3 is 9.64 Å². The highest BCUT2D eigenvalue weighted by molar-refractivity contribution is 6.09. The maximum Gasteiger partial charge on any atom is 0.262 e. The van der Waals surface area contributed by atoms with Crippen LogP contribution in [0.3, 0.4) is 0 Å². The Hall–Kier alpha value is -2.36. The zero-order chi connectivity index (χ0) is 13.4. The summed E-state index contributed by atoms with van der Waals surface area (Å²) in [4.78, 5) is 18.5. The zero-order valence-corrected chi connectivity index (χ0v) is 10.9. The van der Waals surface area contributed by atoms with Crippen molar-refractivity contribution in [3.8, 4) is 11.6 Å². The number of carbonyl (C=O) groups is 1. The molecule has 4 heteroatoms. The molecule has 3 rings (SSSR count). The summed E-state index contributed by atoms with van der Waals surface area (Å²) in [5, 5.41) is 0. The molecule has 1 aliphatic rings. The standard InChI is InChI=1S/C15H14N2O2/c1-3-17-12-8-5-9-16-14(12)19-13-10(2)6-4-7-11(13)15(17)18/h4-9H,3H2,1-2H3. The van der Waals surface area contributed by atoms with Gasteiger partial charge in [-0.2, -0.15) is 0 Å². The molecule has 0 saturated carbocycles. The van der Waals surface area contributed by atoms with E-state index in [4.69, 9.17) is 4.74 Å². The zero-order valence-electron chi connectivity index (χ0n) is 10.9. The van der Waals surface area contributed by atoms with E-state index in [-0.39, 0.29) is 5.91 Å². The van der Waals surface area contributed by atoms with Crippen molar-refractivity contribution in [2.24, 2.45) is 0 Å². The number of pyridine rings is 1. The van der Waals surface area contributed by atoms with Crippen LogP contribution in [0.25, 0.3) is 0 Å². The molecule has 0 bridgehead atoms. The van der Waals surface area contributed by atoms with Crippen molar-refractivity contribution in [3.05, 3.63) is 47.7 Å². The van der Waals surface area contributed by atoms with Crippen molar-refractivity contribution in [3.63, 3.8) is 0 Å². The Morgan fingerprint density at radius 3 is 2.89 bits per heavy atom. The summed E-state index contributed by atoms with van der Waals surface area (Å²) in [6.07, 6.45) is 1.67. The van der Waals surface area contributed by atoms with Gasteiger partial charge in [0.2, 0.25) is 5.88 Å². The minimum Gasteiger partial charge on any atom is -0.436 e. The van der Waals surface area contributed by atoms with Crippen LogP contribution < -0.4 is 9.64 Å². The number of hydrogen-bond donors (Lipinski definition) is 0. The lowest BCUT2D eigenvalue weighted by atomic mass is 10.1. The number of para-hydroxylation sites is 1. The lowest BCUT2D eigenvalue weighted by Crippen LogP contribution is -2.29. The van der Waals surface area contributed by atoms with Gasteiger partial charge in [0, 0.05) is 12.7 Å². The third-order valence-corrected chi connectivity index (χ3v) is 3.24. The number of anilines is 1. The first-order valence-electron chi connectivity index (χ1n) is 6.26. The molecule has 0 saturated heterocycles. The molecule has 0 radical (unpaired) electrons. The van der Waals surface area contributed by atoms with Gasteiger partial charge >= 0.3 is 0 Å². The molecule has 96 valence electrons. The van der Waals surface area contributed by atoms with E-state index in [0.717, 1.165) is 5.56 Å². The van der Waals surface area contributed by atoms with E-state index < -0.39 is 0 Å². The van der Waals surface area contributed by atoms with Crippen molar-refractivity contribution >= 4 is 11.6 Å². The van der Waals surface area contributed by atoms with Crippen LogP contribution in [-0.4, -0.2) is 17.4 Å². The number of amides is 1. The second kappa shape index (κ2) is 4.39. The summed E-state index contributed by atoms with van der Waals surface area (Å²) in [6, 6.07) is 9.24. The maximum atomic E-state index is 12.6. The minimum absolute atomic E-state index is 0.0482. The molecule has 0 atom stereocenters. The Labute approximate surface area is 111 Å². The number of nitrogens with zero attached hydrogens (tertiary/aromatic N) is 2. The molecule has 0 fully saturated rings. The Balaban J connectivity index is 2.27. The second-order valence-electron chi connectivity index (χ2n) is 4.43. The van der Waals surface area contributed by atoms with E-state index >= 15 is 0 Å². The van der Waals surface area contributed by atoms with Crippen LogP contribution in [-0.2, 0) is 0 Å². The van der Waals surface area contributed by atoms with Crippen LogP contribution in [0.4, 0.5) is 5.69 Å². The number of rotatable bonds is 1. The van der Waals surface area contributed by atoms with Gasteiger partial charge in [0.25, 0.3) is 5.91 Å². The summed E-state index contributed by atoms with van der Waals surface area (Å²) < 4.78 is 5.86. The highest BCUT2D eigenvalue weighted by Crippen LogP contribution is 2.38. The summed E-state index contributed by atoms with van der Waals surface area (Å²) in [7, 11) is 0. The molecule has 4 nitrogen and oxygen atoms in total. The molecular formula is C15H14N2O2. The fourth-order valence-electron chi connectivity index (χ4n) is 2.29. The Morgan fingerprint density at radius 2 is 2.11 bits per heavy atom. The van der Waals surface area contributed by atoms with E-state index in [1.54, 1.807) is 23.2 Å². The van der Waals surface area contributed by atoms with Crippen LogP contribution in [0.1, 0.15) is 22.8 Å². The SMILES string of the molecule is CCN1C(=O)c2cccc(C)c2Oc2ncccc21. The number of aromatic nitrogens is 1. The normalized spacial score (nSPS) is 13.4. The Kier molecular flexibility index (Phi) is 2.71. The van der Waals surface area contributed by atoms with Crippen molar-refractivity contribution in [1.82, 2.24) is 4.98 Å². The highest BCUT2D eigenvalue weighted by atomic mass is 16.5. The van der Waals surface area contributed by atoms with Gasteiger partial charge in [-0.25, -0.2) is 4.98 Å². The fraction of sp³-hybridized carbons (Fsp3) is 0.200.